The van der Waals surface area contributed by atoms with Gasteiger partial charge in [-0.2, -0.15) is 0 Å². The molecule has 0 N–H and O–H groups in total. The minimum absolute atomic E-state index is 0. The third-order valence-corrected chi connectivity index (χ3v) is 3.83. The van der Waals surface area contributed by atoms with Crippen LogP contribution in [0.25, 0.3) is 33.2 Å². The van der Waals surface area contributed by atoms with Crippen molar-refractivity contribution >= 4 is 10.9 Å². The molecule has 1 nitrogen and oxygen atoms in total. The van der Waals surface area contributed by atoms with Crippen molar-refractivity contribution in [3.63, 3.8) is 0 Å². The van der Waals surface area contributed by atoms with Crippen molar-refractivity contribution < 1.29 is 21.1 Å². The quantitative estimate of drug-likeness (QED) is 0.356. The summed E-state index contributed by atoms with van der Waals surface area (Å²) < 4.78 is 0. The predicted octanol–water partition coefficient (Wildman–Crippen LogP) is 5.37. The largest absolute Gasteiger partial charge is 0.266 e. The van der Waals surface area contributed by atoms with Gasteiger partial charge in [0.15, 0.2) is 0 Å². The van der Waals surface area contributed by atoms with Gasteiger partial charge in [0.2, 0.25) is 0 Å². The van der Waals surface area contributed by atoms with E-state index < -0.39 is 0 Å². The van der Waals surface area contributed by atoms with E-state index in [2.05, 4.69) is 71.7 Å². The van der Waals surface area contributed by atoms with E-state index in [4.69, 9.17) is 0 Å². The number of benzene rings is 3. The van der Waals surface area contributed by atoms with Crippen molar-refractivity contribution in [2.75, 3.05) is 0 Å². The molecule has 2 heteroatoms. The summed E-state index contributed by atoms with van der Waals surface area (Å²) in [5, 5.41) is 1.15. The Kier molecular flexibility index (Phi) is 4.69. The van der Waals surface area contributed by atoms with Gasteiger partial charge in [-0.1, -0.05) is 60.2 Å². The Morgan fingerprint density at radius 3 is 2.43 bits per heavy atom. The first kappa shape index (κ1) is 15.6. The van der Waals surface area contributed by atoms with Gasteiger partial charge in [0.25, 0.3) is 0 Å². The van der Waals surface area contributed by atoms with Crippen LogP contribution in [0.15, 0.2) is 85.1 Å². The van der Waals surface area contributed by atoms with E-state index in [1.165, 1.54) is 11.1 Å². The number of para-hydroxylation sites is 1. The van der Waals surface area contributed by atoms with Crippen LogP contribution in [0.3, 0.4) is 0 Å². The molecule has 0 spiro atoms. The maximum absolute atomic E-state index is 4.54. The fourth-order valence-corrected chi connectivity index (χ4v) is 2.75. The van der Waals surface area contributed by atoms with Crippen LogP contribution in [-0.4, -0.2) is 4.98 Å². The van der Waals surface area contributed by atoms with Gasteiger partial charge >= 0.3 is 0 Å². The molecule has 4 rings (SSSR count). The minimum Gasteiger partial charge on any atom is -0.266 e. The van der Waals surface area contributed by atoms with Crippen LogP contribution >= 0.6 is 0 Å². The van der Waals surface area contributed by atoms with Crippen LogP contribution in [0.5, 0.6) is 0 Å². The second-order valence-corrected chi connectivity index (χ2v) is 5.24. The number of nitrogens with zero attached hydrogens (tertiary/aromatic N) is 1. The number of fused-ring (bicyclic) bond motifs is 1. The Bertz CT molecular complexity index is 927. The van der Waals surface area contributed by atoms with Crippen LogP contribution < -0.4 is 0 Å². The van der Waals surface area contributed by atoms with E-state index in [0.717, 1.165) is 22.0 Å². The number of hydrogen-bond acceptors (Lipinski definition) is 1. The smallest absolute Gasteiger partial charge is 0.0366 e. The van der Waals surface area contributed by atoms with Crippen LogP contribution in [0.2, 0.25) is 0 Å². The van der Waals surface area contributed by atoms with E-state index in [0.29, 0.717) is 0 Å². The van der Waals surface area contributed by atoms with Gasteiger partial charge in [0.1, 0.15) is 0 Å². The second kappa shape index (κ2) is 6.89. The molecule has 0 amide bonds. The summed E-state index contributed by atoms with van der Waals surface area (Å²) in [5.74, 6) is 0. The zero-order valence-electron chi connectivity index (χ0n) is 12.3. The summed E-state index contributed by atoms with van der Waals surface area (Å²) in [6.07, 6.45) is 1.84. The van der Waals surface area contributed by atoms with Crippen molar-refractivity contribution in [3.8, 4) is 22.3 Å². The molecule has 0 unspecified atom stereocenters. The standard InChI is InChI=1S/C21H14N.Pt/c1-2-7-16(8-3-1)18-10-4-11-19(15-18)20-13-5-9-17-12-6-14-22-21(17)20;/h1-10,12-15H;/q-1;. The zero-order valence-corrected chi connectivity index (χ0v) is 14.6. The van der Waals surface area contributed by atoms with E-state index in [1.54, 1.807) is 0 Å². The van der Waals surface area contributed by atoms with Crippen LogP contribution in [0.4, 0.5) is 0 Å². The average molecular weight is 475 g/mol. The first-order valence-electron chi connectivity index (χ1n) is 7.33. The molecular weight excluding hydrogens is 461 g/mol. The van der Waals surface area contributed by atoms with Gasteiger partial charge in [-0.3, -0.25) is 4.98 Å². The third-order valence-electron chi connectivity index (χ3n) is 3.83. The maximum Gasteiger partial charge on any atom is 0.0366 e. The molecular formula is C21H14NPt-. The Morgan fingerprint density at radius 2 is 1.57 bits per heavy atom. The first-order valence-corrected chi connectivity index (χ1v) is 7.33. The number of pyridine rings is 1. The molecule has 0 aliphatic carbocycles. The van der Waals surface area contributed by atoms with Gasteiger partial charge < -0.3 is 0 Å². The molecule has 0 aliphatic heterocycles. The zero-order chi connectivity index (χ0) is 14.8. The molecule has 0 saturated heterocycles. The molecule has 1 heterocycles. The van der Waals surface area contributed by atoms with E-state index >= 15 is 0 Å². The Balaban J connectivity index is 0.00000156. The van der Waals surface area contributed by atoms with Crippen molar-refractivity contribution in [2.24, 2.45) is 0 Å². The molecule has 0 aliphatic rings. The SMILES string of the molecule is [Pt].[c-]1ccc(-c2ccccc2)cc1-c1cccc2cccnc12. The fraction of sp³-hybridized carbons (Fsp3) is 0. The molecule has 4 aromatic rings. The molecule has 114 valence electrons. The Labute approximate surface area is 150 Å². The summed E-state index contributed by atoms with van der Waals surface area (Å²) in [7, 11) is 0. The normalized spacial score (nSPS) is 10.3. The van der Waals surface area contributed by atoms with Gasteiger partial charge in [-0.15, -0.1) is 35.4 Å². The van der Waals surface area contributed by atoms with Crippen molar-refractivity contribution in [1.82, 2.24) is 4.98 Å². The molecule has 23 heavy (non-hydrogen) atoms. The van der Waals surface area contributed by atoms with Gasteiger partial charge in [-0.05, 0) is 17.0 Å². The first-order chi connectivity index (χ1) is 10.9. The maximum atomic E-state index is 4.54. The van der Waals surface area contributed by atoms with Gasteiger partial charge in [0.05, 0.1) is 0 Å². The fourth-order valence-electron chi connectivity index (χ4n) is 2.75. The minimum atomic E-state index is 0. The van der Waals surface area contributed by atoms with E-state index in [9.17, 15) is 0 Å². The molecule has 0 radical (unpaired) electrons. The third kappa shape index (κ3) is 3.11. The van der Waals surface area contributed by atoms with Gasteiger partial charge in [0, 0.05) is 32.8 Å². The molecule has 0 saturated carbocycles. The summed E-state index contributed by atoms with van der Waals surface area (Å²) >= 11 is 0. The molecule has 3 aromatic carbocycles. The number of aromatic nitrogens is 1. The topological polar surface area (TPSA) is 12.9 Å². The Morgan fingerprint density at radius 1 is 0.739 bits per heavy atom. The monoisotopic (exact) mass is 475 g/mol. The molecule has 1 aromatic heterocycles. The van der Waals surface area contributed by atoms with Crippen LogP contribution in [0, 0.1) is 6.07 Å². The molecule has 0 atom stereocenters. The van der Waals surface area contributed by atoms with Crippen LogP contribution in [0.1, 0.15) is 0 Å². The van der Waals surface area contributed by atoms with Gasteiger partial charge in [-0.25, -0.2) is 0 Å². The summed E-state index contributed by atoms with van der Waals surface area (Å²) in [4.78, 5) is 4.54. The van der Waals surface area contributed by atoms with Crippen molar-refractivity contribution in [2.45, 2.75) is 0 Å². The second-order valence-electron chi connectivity index (χ2n) is 5.24. The predicted molar refractivity (Wildman–Crippen MR) is 91.5 cm³/mol. The molecule has 0 fully saturated rings. The van der Waals surface area contributed by atoms with Crippen LogP contribution in [-0.2, 0) is 21.1 Å². The Hall–Kier alpha value is -2.24. The summed E-state index contributed by atoms with van der Waals surface area (Å²) in [6, 6.07) is 30.3. The summed E-state index contributed by atoms with van der Waals surface area (Å²) in [5.41, 5.74) is 5.63. The van der Waals surface area contributed by atoms with E-state index in [1.807, 2.05) is 24.4 Å². The van der Waals surface area contributed by atoms with Crippen molar-refractivity contribution in [3.05, 3.63) is 91.1 Å². The van der Waals surface area contributed by atoms with Crippen molar-refractivity contribution in [1.29, 1.82) is 0 Å². The van der Waals surface area contributed by atoms with E-state index in [-0.39, 0.29) is 21.1 Å². The summed E-state index contributed by atoms with van der Waals surface area (Å²) in [6.45, 7) is 0. The average Bonchev–Trinajstić information content (AvgIpc) is 2.62. The molecule has 0 bridgehead atoms. The number of rotatable bonds is 2. The number of hydrogen-bond donors (Lipinski definition) is 0.